The Labute approximate surface area is 107 Å². The lowest BCUT2D eigenvalue weighted by atomic mass is 10.1. The van der Waals surface area contributed by atoms with Crippen LogP contribution < -0.4 is 15.4 Å². The average Bonchev–Trinajstić information content (AvgIpc) is 2.32. The molecule has 0 aromatic heterocycles. The van der Waals surface area contributed by atoms with Gasteiger partial charge in [0.05, 0.1) is 0 Å². The summed E-state index contributed by atoms with van der Waals surface area (Å²) in [5.41, 5.74) is 2.21. The maximum Gasteiger partial charge on any atom is 0.317 e. The van der Waals surface area contributed by atoms with Crippen LogP contribution in [0.2, 0.25) is 0 Å². The zero-order valence-corrected chi connectivity index (χ0v) is 10.8. The van der Waals surface area contributed by atoms with Crippen molar-refractivity contribution in [3.63, 3.8) is 0 Å². The zero-order valence-electron chi connectivity index (χ0n) is 10.8. The number of hydrogen-bond acceptors (Lipinski definition) is 3. The number of ether oxygens (including phenoxy) is 1. The molecule has 0 bridgehead atoms. The summed E-state index contributed by atoms with van der Waals surface area (Å²) in [7, 11) is 0. The molecule has 100 valence electrons. The molecule has 0 saturated carbocycles. The molecule has 0 spiro atoms. The van der Waals surface area contributed by atoms with Crippen molar-refractivity contribution in [2.75, 3.05) is 19.9 Å². The lowest BCUT2D eigenvalue weighted by molar-refractivity contribution is 0.222. The van der Waals surface area contributed by atoms with Crippen LogP contribution >= 0.6 is 0 Å². The van der Waals surface area contributed by atoms with Gasteiger partial charge >= 0.3 is 6.03 Å². The summed E-state index contributed by atoms with van der Waals surface area (Å²) in [5.74, 6) is 0.760. The van der Waals surface area contributed by atoms with Gasteiger partial charge in [0.15, 0.2) is 6.73 Å². The molecule has 0 aliphatic carbocycles. The standard InChI is InChI=1S/C13H20N2O3/c1-10-4-5-12(11(2)8-10)18-9-15-13(17)14-6-3-7-16/h4-5,8,16H,3,6-7,9H2,1-2H3,(H2,14,15,17). The van der Waals surface area contributed by atoms with E-state index in [1.165, 1.54) is 5.56 Å². The molecule has 1 aromatic rings. The Morgan fingerprint density at radius 3 is 2.78 bits per heavy atom. The smallest absolute Gasteiger partial charge is 0.317 e. The molecule has 18 heavy (non-hydrogen) atoms. The topological polar surface area (TPSA) is 70.6 Å². The first-order chi connectivity index (χ1) is 8.63. The minimum Gasteiger partial charge on any atom is -0.473 e. The van der Waals surface area contributed by atoms with Crippen LogP contribution in [0.4, 0.5) is 4.79 Å². The van der Waals surface area contributed by atoms with Gasteiger partial charge in [-0.1, -0.05) is 17.7 Å². The number of hydrogen-bond donors (Lipinski definition) is 3. The summed E-state index contributed by atoms with van der Waals surface area (Å²) in [4.78, 5) is 11.3. The number of aliphatic hydroxyl groups is 1. The van der Waals surface area contributed by atoms with E-state index in [0.29, 0.717) is 13.0 Å². The highest BCUT2D eigenvalue weighted by Gasteiger charge is 2.01. The summed E-state index contributed by atoms with van der Waals surface area (Å²) in [6.07, 6.45) is 0.547. The van der Waals surface area contributed by atoms with Crippen molar-refractivity contribution in [1.29, 1.82) is 0 Å². The van der Waals surface area contributed by atoms with E-state index in [1.54, 1.807) is 0 Å². The Kier molecular flexibility index (Phi) is 6.00. The van der Waals surface area contributed by atoms with Crippen LogP contribution in [0.1, 0.15) is 17.5 Å². The molecule has 0 aliphatic heterocycles. The van der Waals surface area contributed by atoms with Gasteiger partial charge in [-0.25, -0.2) is 4.79 Å². The molecule has 5 nitrogen and oxygen atoms in total. The van der Waals surface area contributed by atoms with Crippen molar-refractivity contribution >= 4 is 6.03 Å². The third-order valence-electron chi connectivity index (χ3n) is 2.41. The molecule has 5 heteroatoms. The largest absolute Gasteiger partial charge is 0.473 e. The van der Waals surface area contributed by atoms with Crippen molar-refractivity contribution in [2.45, 2.75) is 20.3 Å². The number of carbonyl (C=O) groups is 1. The fourth-order valence-corrected chi connectivity index (χ4v) is 1.48. The summed E-state index contributed by atoms with van der Waals surface area (Å²) >= 11 is 0. The minimum atomic E-state index is -0.298. The highest BCUT2D eigenvalue weighted by molar-refractivity contribution is 5.73. The van der Waals surface area contributed by atoms with Crippen LogP contribution in [-0.2, 0) is 0 Å². The van der Waals surface area contributed by atoms with Crippen molar-refractivity contribution in [2.24, 2.45) is 0 Å². The molecule has 0 fully saturated rings. The van der Waals surface area contributed by atoms with Crippen LogP contribution in [0, 0.1) is 13.8 Å². The van der Waals surface area contributed by atoms with Crippen molar-refractivity contribution in [1.82, 2.24) is 10.6 Å². The molecule has 1 rings (SSSR count). The van der Waals surface area contributed by atoms with Crippen LogP contribution in [-0.4, -0.2) is 31.0 Å². The predicted molar refractivity (Wildman–Crippen MR) is 69.6 cm³/mol. The van der Waals surface area contributed by atoms with Gasteiger partial charge in [0.25, 0.3) is 0 Å². The van der Waals surface area contributed by atoms with Crippen LogP contribution in [0.5, 0.6) is 5.75 Å². The summed E-state index contributed by atoms with van der Waals surface area (Å²) in [6.45, 7) is 4.62. The highest BCUT2D eigenvalue weighted by Crippen LogP contribution is 2.17. The van der Waals surface area contributed by atoms with Gasteiger partial charge in [0.1, 0.15) is 5.75 Å². The SMILES string of the molecule is Cc1ccc(OCNC(=O)NCCCO)c(C)c1. The zero-order chi connectivity index (χ0) is 13.4. The predicted octanol–water partition coefficient (Wildman–Crippen LogP) is 1.32. The van der Waals surface area contributed by atoms with E-state index in [1.807, 2.05) is 32.0 Å². The average molecular weight is 252 g/mol. The number of aliphatic hydroxyl groups excluding tert-OH is 1. The Bertz CT molecular complexity index is 394. The van der Waals surface area contributed by atoms with Gasteiger partial charge in [0.2, 0.25) is 0 Å². The summed E-state index contributed by atoms with van der Waals surface area (Å²) in [6, 6.07) is 5.57. The number of urea groups is 1. The first kappa shape index (κ1) is 14.3. The highest BCUT2D eigenvalue weighted by atomic mass is 16.5. The number of aryl methyl sites for hydroxylation is 2. The third-order valence-corrected chi connectivity index (χ3v) is 2.41. The van der Waals surface area contributed by atoms with Crippen LogP contribution in [0.15, 0.2) is 18.2 Å². The van der Waals surface area contributed by atoms with Crippen molar-refractivity contribution < 1.29 is 14.6 Å². The normalized spacial score (nSPS) is 9.94. The summed E-state index contributed by atoms with van der Waals surface area (Å²) < 4.78 is 5.45. The number of nitrogens with one attached hydrogen (secondary N) is 2. The number of amides is 2. The Balaban J connectivity index is 2.26. The van der Waals surface area contributed by atoms with Crippen molar-refractivity contribution in [3.05, 3.63) is 29.3 Å². The summed E-state index contributed by atoms with van der Waals surface area (Å²) in [5, 5.41) is 13.7. The lowest BCUT2D eigenvalue weighted by Gasteiger charge is -2.11. The van der Waals surface area contributed by atoms with Gasteiger partial charge in [-0.3, -0.25) is 0 Å². The maximum atomic E-state index is 11.3. The van der Waals surface area contributed by atoms with Gasteiger partial charge in [-0.05, 0) is 31.9 Å². The number of benzene rings is 1. The van der Waals surface area contributed by atoms with E-state index < -0.39 is 0 Å². The van der Waals surface area contributed by atoms with Crippen LogP contribution in [0.25, 0.3) is 0 Å². The molecule has 0 atom stereocenters. The second-order valence-corrected chi connectivity index (χ2v) is 4.07. The van der Waals surface area contributed by atoms with Crippen LogP contribution in [0.3, 0.4) is 0 Å². The van der Waals surface area contributed by atoms with E-state index in [9.17, 15) is 4.79 Å². The van der Waals surface area contributed by atoms with E-state index in [0.717, 1.165) is 11.3 Å². The molecule has 1 aromatic carbocycles. The van der Waals surface area contributed by atoms with E-state index in [2.05, 4.69) is 10.6 Å². The quantitative estimate of drug-likeness (QED) is 0.528. The van der Waals surface area contributed by atoms with E-state index in [4.69, 9.17) is 9.84 Å². The maximum absolute atomic E-state index is 11.3. The first-order valence-electron chi connectivity index (χ1n) is 5.96. The van der Waals surface area contributed by atoms with Gasteiger partial charge < -0.3 is 20.5 Å². The Morgan fingerprint density at radius 2 is 2.11 bits per heavy atom. The first-order valence-corrected chi connectivity index (χ1v) is 5.96. The lowest BCUT2D eigenvalue weighted by Crippen LogP contribution is -2.38. The monoisotopic (exact) mass is 252 g/mol. The Hall–Kier alpha value is -1.75. The number of rotatable bonds is 6. The fraction of sp³-hybridized carbons (Fsp3) is 0.462. The molecular formula is C13H20N2O3. The van der Waals surface area contributed by atoms with E-state index in [-0.39, 0.29) is 19.4 Å². The fourth-order valence-electron chi connectivity index (χ4n) is 1.48. The molecular weight excluding hydrogens is 232 g/mol. The minimum absolute atomic E-state index is 0.0688. The molecule has 0 heterocycles. The second kappa shape index (κ2) is 7.55. The van der Waals surface area contributed by atoms with Gasteiger partial charge in [0, 0.05) is 13.2 Å². The van der Waals surface area contributed by atoms with Gasteiger partial charge in [-0.15, -0.1) is 0 Å². The van der Waals surface area contributed by atoms with E-state index >= 15 is 0 Å². The molecule has 0 aliphatic rings. The molecule has 3 N–H and O–H groups in total. The van der Waals surface area contributed by atoms with Crippen molar-refractivity contribution in [3.8, 4) is 5.75 Å². The molecule has 2 amide bonds. The second-order valence-electron chi connectivity index (χ2n) is 4.07. The Morgan fingerprint density at radius 1 is 1.33 bits per heavy atom. The molecule has 0 radical (unpaired) electrons. The molecule has 0 unspecified atom stereocenters. The molecule has 0 saturated heterocycles. The van der Waals surface area contributed by atoms with Gasteiger partial charge in [-0.2, -0.15) is 0 Å². The third kappa shape index (κ3) is 5.05. The number of carbonyl (C=O) groups excluding carboxylic acids is 1.